The second-order valence-electron chi connectivity index (χ2n) is 5.10. The van der Waals surface area contributed by atoms with Crippen LogP contribution < -0.4 is 0 Å². The smallest absolute Gasteiger partial charge is 0.411 e. The van der Waals surface area contributed by atoms with Crippen molar-refractivity contribution < 1.29 is 14.3 Å². The van der Waals surface area contributed by atoms with E-state index in [2.05, 4.69) is 0 Å². The molecule has 2 aliphatic heterocycles. The first-order valence-electron chi connectivity index (χ1n) is 5.42. The molecule has 2 atom stereocenters. The van der Waals surface area contributed by atoms with E-state index in [4.69, 9.17) is 4.74 Å². The third-order valence-corrected chi connectivity index (χ3v) is 3.27. The van der Waals surface area contributed by atoms with E-state index >= 15 is 0 Å². The Kier molecular flexibility index (Phi) is 2.24. The van der Waals surface area contributed by atoms with Crippen LogP contribution in [0.25, 0.3) is 0 Å². The lowest BCUT2D eigenvalue weighted by Crippen LogP contribution is -2.53. The van der Waals surface area contributed by atoms with Gasteiger partial charge in [0.2, 0.25) is 0 Å². The zero-order valence-electron chi connectivity index (χ0n) is 9.45. The van der Waals surface area contributed by atoms with E-state index in [1.54, 1.807) is 11.8 Å². The van der Waals surface area contributed by atoms with Gasteiger partial charge in [0, 0.05) is 12.5 Å². The molecule has 0 spiro atoms. The molecule has 2 rings (SSSR count). The summed E-state index contributed by atoms with van der Waals surface area (Å²) >= 11 is 0. The maximum absolute atomic E-state index is 11.8. The Morgan fingerprint density at radius 3 is 2.73 bits per heavy atom. The molecule has 0 aromatic rings. The molecule has 0 saturated carbocycles. The van der Waals surface area contributed by atoms with E-state index in [1.807, 2.05) is 13.8 Å². The molecule has 15 heavy (non-hydrogen) atoms. The van der Waals surface area contributed by atoms with Crippen molar-refractivity contribution in [2.45, 2.75) is 57.7 Å². The van der Waals surface area contributed by atoms with Crippen molar-refractivity contribution in [1.82, 2.24) is 4.90 Å². The summed E-state index contributed by atoms with van der Waals surface area (Å²) in [5.41, 5.74) is -0.385. The minimum absolute atomic E-state index is 0.0640. The minimum atomic E-state index is -0.385. The third-order valence-electron chi connectivity index (χ3n) is 3.27. The van der Waals surface area contributed by atoms with E-state index in [1.165, 1.54) is 0 Å². The maximum Gasteiger partial charge on any atom is 0.411 e. The standard InChI is InChI=1S/C11H17NO3/c1-7(13)9-5-4-8-6-11(2,3)15-10(14)12(8)9/h8-9H,4-6H2,1-3H3/t8-,9+/m1/s1. The van der Waals surface area contributed by atoms with Gasteiger partial charge in [-0.2, -0.15) is 0 Å². The highest BCUT2D eigenvalue weighted by atomic mass is 16.6. The quantitative estimate of drug-likeness (QED) is 0.663. The van der Waals surface area contributed by atoms with Crippen LogP contribution in [0.5, 0.6) is 0 Å². The summed E-state index contributed by atoms with van der Waals surface area (Å²) in [5, 5.41) is 0. The Labute approximate surface area is 89.6 Å². The van der Waals surface area contributed by atoms with Crippen molar-refractivity contribution >= 4 is 11.9 Å². The van der Waals surface area contributed by atoms with Crippen LogP contribution in [0.1, 0.15) is 40.0 Å². The van der Waals surface area contributed by atoms with Gasteiger partial charge in [-0.25, -0.2) is 4.79 Å². The summed E-state index contributed by atoms with van der Waals surface area (Å²) in [6.07, 6.45) is 2.20. The number of hydrogen-bond acceptors (Lipinski definition) is 3. The van der Waals surface area contributed by atoms with Crippen molar-refractivity contribution in [2.75, 3.05) is 0 Å². The first kappa shape index (κ1) is 10.5. The van der Waals surface area contributed by atoms with Crippen molar-refractivity contribution in [1.29, 1.82) is 0 Å². The highest BCUT2D eigenvalue weighted by Crippen LogP contribution is 2.36. The number of rotatable bonds is 1. The van der Waals surface area contributed by atoms with E-state index in [0.29, 0.717) is 0 Å². The van der Waals surface area contributed by atoms with E-state index in [-0.39, 0.29) is 29.6 Å². The van der Waals surface area contributed by atoms with Crippen LogP contribution in [0.2, 0.25) is 0 Å². The maximum atomic E-state index is 11.8. The average molecular weight is 211 g/mol. The van der Waals surface area contributed by atoms with Gasteiger partial charge >= 0.3 is 6.09 Å². The Balaban J connectivity index is 2.20. The Morgan fingerprint density at radius 1 is 1.47 bits per heavy atom. The molecule has 0 aliphatic carbocycles. The van der Waals surface area contributed by atoms with Gasteiger partial charge in [-0.15, -0.1) is 0 Å². The highest BCUT2D eigenvalue weighted by molar-refractivity contribution is 5.86. The molecule has 1 amide bonds. The summed E-state index contributed by atoms with van der Waals surface area (Å²) < 4.78 is 5.30. The van der Waals surface area contributed by atoms with Crippen molar-refractivity contribution in [3.05, 3.63) is 0 Å². The largest absolute Gasteiger partial charge is 0.443 e. The molecule has 84 valence electrons. The molecule has 0 aromatic carbocycles. The van der Waals surface area contributed by atoms with Gasteiger partial charge in [0.15, 0.2) is 5.78 Å². The first-order valence-corrected chi connectivity index (χ1v) is 5.42. The van der Waals surface area contributed by atoms with Crippen LogP contribution in [0.15, 0.2) is 0 Å². The molecule has 2 heterocycles. The summed E-state index contributed by atoms with van der Waals surface area (Å²) in [4.78, 5) is 24.7. The lowest BCUT2D eigenvalue weighted by Gasteiger charge is -2.40. The molecule has 0 unspecified atom stereocenters. The second-order valence-corrected chi connectivity index (χ2v) is 5.10. The minimum Gasteiger partial charge on any atom is -0.443 e. The molecular formula is C11H17NO3. The number of Topliss-reactive ketones (excluding diaryl/α,β-unsaturated/α-hetero) is 1. The van der Waals surface area contributed by atoms with Crippen LogP contribution in [-0.4, -0.2) is 34.5 Å². The molecule has 0 N–H and O–H groups in total. The SMILES string of the molecule is CC(=O)[C@@H]1CC[C@@H]2CC(C)(C)OC(=O)N21. The number of hydrogen-bond donors (Lipinski definition) is 0. The molecule has 0 radical (unpaired) electrons. The number of nitrogens with zero attached hydrogens (tertiary/aromatic N) is 1. The molecule has 2 saturated heterocycles. The van der Waals surface area contributed by atoms with Crippen LogP contribution in [-0.2, 0) is 9.53 Å². The molecule has 0 aromatic heterocycles. The monoisotopic (exact) mass is 211 g/mol. The zero-order chi connectivity index (χ0) is 11.2. The van der Waals surface area contributed by atoms with Crippen molar-refractivity contribution in [3.63, 3.8) is 0 Å². The first-order chi connectivity index (χ1) is 6.91. The summed E-state index contributed by atoms with van der Waals surface area (Å²) in [6, 6.07) is -0.0613. The number of ether oxygens (including phenoxy) is 1. The summed E-state index contributed by atoms with van der Waals surface area (Å²) in [7, 11) is 0. The normalized spacial score (nSPS) is 33.5. The number of carbonyl (C=O) groups excluding carboxylic acids is 2. The van der Waals surface area contributed by atoms with E-state index < -0.39 is 0 Å². The zero-order valence-corrected chi connectivity index (χ0v) is 9.45. The van der Waals surface area contributed by atoms with Crippen LogP contribution in [0, 0.1) is 0 Å². The highest BCUT2D eigenvalue weighted by Gasteiger charge is 2.47. The van der Waals surface area contributed by atoms with Crippen LogP contribution >= 0.6 is 0 Å². The molecule has 4 heteroatoms. The average Bonchev–Trinajstić information content (AvgIpc) is 2.45. The number of amides is 1. The Morgan fingerprint density at radius 2 is 2.13 bits per heavy atom. The lowest BCUT2D eigenvalue weighted by molar-refractivity contribution is -0.123. The van der Waals surface area contributed by atoms with Crippen molar-refractivity contribution in [3.8, 4) is 0 Å². The second kappa shape index (κ2) is 3.22. The number of carbonyl (C=O) groups is 2. The van der Waals surface area contributed by atoms with Gasteiger partial charge in [0.05, 0.1) is 6.04 Å². The summed E-state index contributed by atoms with van der Waals surface area (Å²) in [5.74, 6) is 0.0640. The fourth-order valence-corrected chi connectivity index (χ4v) is 2.66. The molecule has 2 aliphatic rings. The number of cyclic esters (lactones) is 1. The molecular weight excluding hydrogens is 194 g/mol. The van der Waals surface area contributed by atoms with Crippen molar-refractivity contribution in [2.24, 2.45) is 0 Å². The number of fused-ring (bicyclic) bond motifs is 1. The fourth-order valence-electron chi connectivity index (χ4n) is 2.66. The fraction of sp³-hybridized carbons (Fsp3) is 0.818. The number of ketones is 1. The predicted molar refractivity (Wildman–Crippen MR) is 54.5 cm³/mol. The molecule has 4 nitrogen and oxygen atoms in total. The lowest BCUT2D eigenvalue weighted by atomic mass is 9.96. The van der Waals surface area contributed by atoms with E-state index in [9.17, 15) is 9.59 Å². The molecule has 2 fully saturated rings. The van der Waals surface area contributed by atoms with Gasteiger partial charge in [0.25, 0.3) is 0 Å². The topological polar surface area (TPSA) is 46.6 Å². The van der Waals surface area contributed by atoms with Gasteiger partial charge in [-0.1, -0.05) is 0 Å². The predicted octanol–water partition coefficient (Wildman–Crippen LogP) is 1.73. The van der Waals surface area contributed by atoms with Crippen LogP contribution in [0.3, 0.4) is 0 Å². The van der Waals surface area contributed by atoms with Crippen LogP contribution in [0.4, 0.5) is 4.79 Å². The van der Waals surface area contributed by atoms with Gasteiger partial charge in [0.1, 0.15) is 5.60 Å². The third kappa shape index (κ3) is 1.73. The Hall–Kier alpha value is -1.06. The molecule has 0 bridgehead atoms. The Bertz CT molecular complexity index is 311. The van der Waals surface area contributed by atoms with Gasteiger partial charge in [-0.3, -0.25) is 9.69 Å². The van der Waals surface area contributed by atoms with Gasteiger partial charge in [-0.05, 0) is 33.6 Å². The van der Waals surface area contributed by atoms with E-state index in [0.717, 1.165) is 19.3 Å². The van der Waals surface area contributed by atoms with Gasteiger partial charge < -0.3 is 4.74 Å². The summed E-state index contributed by atoms with van der Waals surface area (Å²) in [6.45, 7) is 5.38.